The third-order valence-corrected chi connectivity index (χ3v) is 17.1. The molecule has 0 unspecified atom stereocenters. The summed E-state index contributed by atoms with van der Waals surface area (Å²) in [6, 6.07) is 19.2. The number of carbonyl (C=O) groups is 4. The molecule has 17 nitrogen and oxygen atoms in total. The Kier molecular flexibility index (Phi) is 13.9. The van der Waals surface area contributed by atoms with E-state index in [9.17, 15) is 27.6 Å². The van der Waals surface area contributed by atoms with E-state index in [0.29, 0.717) is 37.2 Å². The Morgan fingerprint density at radius 3 is 1.64 bits per heavy atom. The number of rotatable bonds is 10. The lowest BCUT2D eigenvalue weighted by atomic mass is 9.77. The molecule has 21 heteroatoms. The molecule has 0 spiro atoms. The van der Waals surface area contributed by atoms with Crippen LogP contribution >= 0.6 is 22.7 Å². The predicted octanol–water partition coefficient (Wildman–Crippen LogP) is 7.85. The van der Waals surface area contributed by atoms with Crippen molar-refractivity contribution in [3.8, 4) is 28.4 Å². The Balaban J connectivity index is 0.000000139. The third-order valence-electron chi connectivity index (χ3n) is 14.9. The van der Waals surface area contributed by atoms with Gasteiger partial charge in [-0.2, -0.15) is 8.42 Å². The lowest BCUT2D eigenvalue weighted by Crippen LogP contribution is -2.41. The molecule has 2 aromatic heterocycles. The molecule has 0 bridgehead atoms. The van der Waals surface area contributed by atoms with E-state index in [0.717, 1.165) is 66.0 Å². The molecule has 4 aromatic carbocycles. The smallest absolute Gasteiger partial charge is 0.489 e. The number of nitrogens with one attached hydrogen (secondary N) is 4. The molecule has 0 saturated carbocycles. The maximum atomic E-state index is 12.3. The van der Waals surface area contributed by atoms with Gasteiger partial charge in [0, 0.05) is 61.3 Å². The highest BCUT2D eigenvalue weighted by atomic mass is 32.2. The number of fused-ring (bicyclic) bond motifs is 4. The van der Waals surface area contributed by atoms with Crippen LogP contribution in [0.5, 0.6) is 17.2 Å². The summed E-state index contributed by atoms with van der Waals surface area (Å²) in [5.74, 6) is 1.82. The molecule has 4 amide bonds. The Hall–Kier alpha value is -6.13. The predicted molar refractivity (Wildman–Crippen MR) is 288 cm³/mol. The molecule has 11 rings (SSSR count). The fraction of sp³-hybridized carbons (Fsp3) is 0.434. The fourth-order valence-electron chi connectivity index (χ4n) is 9.44. The van der Waals surface area contributed by atoms with Gasteiger partial charge in [-0.05, 0) is 121 Å². The van der Waals surface area contributed by atoms with Crippen LogP contribution in [0, 0.1) is 11.8 Å². The van der Waals surface area contributed by atoms with Crippen molar-refractivity contribution >= 4 is 101 Å². The largest absolute Gasteiger partial charge is 0.494 e. The summed E-state index contributed by atoms with van der Waals surface area (Å²) in [7, 11) is -4.03. The molecule has 3 fully saturated rings. The minimum atomic E-state index is -3.63. The zero-order valence-corrected chi connectivity index (χ0v) is 45.7. The molecule has 0 radical (unpaired) electrons. The molecule has 5 aliphatic heterocycles. The lowest BCUT2D eigenvalue weighted by Gasteiger charge is -2.32. The van der Waals surface area contributed by atoms with Gasteiger partial charge in [-0.3, -0.25) is 19.2 Å². The summed E-state index contributed by atoms with van der Waals surface area (Å²) in [4.78, 5) is 55.9. The number of hydrogen-bond donors (Lipinski definition) is 4. The number of ether oxygens (including phenoxy) is 2. The molecule has 4 atom stereocenters. The van der Waals surface area contributed by atoms with Gasteiger partial charge in [0.25, 0.3) is 0 Å². The number of carbonyl (C=O) groups excluding carboxylic acids is 4. The van der Waals surface area contributed by atoms with Crippen LogP contribution in [-0.4, -0.2) is 91.9 Å². The van der Waals surface area contributed by atoms with E-state index in [4.69, 9.17) is 23.0 Å². The highest BCUT2D eigenvalue weighted by Crippen LogP contribution is 2.43. The first-order valence-electron chi connectivity index (χ1n) is 24.5. The van der Waals surface area contributed by atoms with Crippen molar-refractivity contribution in [1.29, 1.82) is 0 Å². The van der Waals surface area contributed by atoms with Crippen LogP contribution in [0.15, 0.2) is 71.7 Å². The molecule has 0 aliphatic carbocycles. The Morgan fingerprint density at radius 2 is 1.14 bits per heavy atom. The van der Waals surface area contributed by atoms with Gasteiger partial charge in [0.15, 0.2) is 0 Å². The number of nitrogens with zero attached hydrogens (tertiary/aromatic N) is 2. The minimum absolute atomic E-state index is 0.0159. The van der Waals surface area contributed by atoms with Crippen molar-refractivity contribution in [1.82, 2.24) is 20.6 Å². The average Bonchev–Trinajstić information content (AvgIpc) is 4.20. The van der Waals surface area contributed by atoms with E-state index in [1.54, 1.807) is 29.0 Å². The first-order valence-corrected chi connectivity index (χ1v) is 28.0. The zero-order valence-electron chi connectivity index (χ0n) is 43.3. The summed E-state index contributed by atoms with van der Waals surface area (Å²) in [5.41, 5.74) is 9.90. The minimum Gasteiger partial charge on any atom is -0.489 e. The van der Waals surface area contributed by atoms with Crippen LogP contribution in [0.1, 0.15) is 93.2 Å². The van der Waals surface area contributed by atoms with E-state index in [1.165, 1.54) is 11.3 Å². The fourth-order valence-corrected chi connectivity index (χ4v) is 11.3. The molecule has 5 aliphatic rings. The summed E-state index contributed by atoms with van der Waals surface area (Å²) in [6.45, 7) is 21.0. The van der Waals surface area contributed by atoms with Gasteiger partial charge in [0.2, 0.25) is 23.6 Å². The first-order chi connectivity index (χ1) is 34.7. The number of benzene rings is 4. The van der Waals surface area contributed by atoms with Gasteiger partial charge in [-0.1, -0.05) is 24.3 Å². The number of thiazole rings is 2. The van der Waals surface area contributed by atoms with Crippen LogP contribution in [-0.2, 0) is 49.4 Å². The Morgan fingerprint density at radius 1 is 0.649 bits per heavy atom. The zero-order chi connectivity index (χ0) is 53.3. The average molecular weight is 1070 g/mol. The van der Waals surface area contributed by atoms with Gasteiger partial charge in [-0.15, -0.1) is 22.7 Å². The normalized spacial score (nSPS) is 21.5. The van der Waals surface area contributed by atoms with E-state index in [2.05, 4.69) is 31.2 Å². The monoisotopic (exact) mass is 1060 g/mol. The third kappa shape index (κ3) is 10.6. The molecule has 6 aromatic rings. The molecular formula is C53H61BN6O11S3. The summed E-state index contributed by atoms with van der Waals surface area (Å²) < 4.78 is 53.8. The van der Waals surface area contributed by atoms with Crippen LogP contribution < -0.4 is 40.4 Å². The van der Waals surface area contributed by atoms with E-state index in [-0.39, 0.29) is 64.6 Å². The van der Waals surface area contributed by atoms with E-state index < -0.39 is 28.1 Å². The van der Waals surface area contributed by atoms with Crippen LogP contribution in [0.4, 0.5) is 11.4 Å². The Labute approximate surface area is 439 Å². The van der Waals surface area contributed by atoms with Gasteiger partial charge >= 0.3 is 17.2 Å². The summed E-state index contributed by atoms with van der Waals surface area (Å²) in [5, 5.41) is 11.6. The van der Waals surface area contributed by atoms with E-state index in [1.807, 2.05) is 123 Å². The number of amides is 4. The van der Waals surface area contributed by atoms with Crippen molar-refractivity contribution in [3.05, 3.63) is 82.8 Å². The van der Waals surface area contributed by atoms with Crippen LogP contribution in [0.2, 0.25) is 0 Å². The molecule has 390 valence electrons. The summed E-state index contributed by atoms with van der Waals surface area (Å²) in [6.07, 6.45) is 1.61. The SMILES string of the molecule is CC1(C)C(=O)Nc2cc(B3OC(C)(C)C(C)(C)O3)ccc21.C[C@@H](Oc1cc(-c2ccc3c(c2)NC(=O)C3(C)C)cc2ncsc12)[C@H]1CNC(=O)C1.C[C@@H](Oc1cc(OS(C)(=O)=O)cc2ncsc12)[C@H]1CNC(=O)C1. The van der Waals surface area contributed by atoms with Crippen LogP contribution in [0.25, 0.3) is 31.6 Å². The molecular weight excluding hydrogens is 1000 g/mol. The first kappa shape index (κ1) is 52.7. The molecule has 7 heterocycles. The highest BCUT2D eigenvalue weighted by molar-refractivity contribution is 7.86. The van der Waals surface area contributed by atoms with Gasteiger partial charge in [0.05, 0.1) is 59.7 Å². The topological polar surface area (TPSA) is 222 Å². The Bertz CT molecular complexity index is 3320. The maximum Gasteiger partial charge on any atom is 0.494 e. The second-order valence-electron chi connectivity index (χ2n) is 21.6. The second-order valence-corrected chi connectivity index (χ2v) is 24.9. The van der Waals surface area contributed by atoms with Gasteiger partial charge in [-0.25, -0.2) is 9.97 Å². The van der Waals surface area contributed by atoms with Crippen molar-refractivity contribution in [2.24, 2.45) is 11.8 Å². The quantitative estimate of drug-likeness (QED) is 0.0759. The maximum absolute atomic E-state index is 12.3. The molecule has 3 saturated heterocycles. The van der Waals surface area contributed by atoms with E-state index >= 15 is 0 Å². The highest BCUT2D eigenvalue weighted by Gasteiger charge is 2.52. The van der Waals surface area contributed by atoms with Crippen molar-refractivity contribution < 1.29 is 50.6 Å². The van der Waals surface area contributed by atoms with Crippen molar-refractivity contribution in [3.63, 3.8) is 0 Å². The number of anilines is 2. The van der Waals surface area contributed by atoms with Crippen molar-refractivity contribution in [2.75, 3.05) is 30.0 Å². The van der Waals surface area contributed by atoms with Crippen LogP contribution in [0.3, 0.4) is 0 Å². The lowest BCUT2D eigenvalue weighted by molar-refractivity contribution is -0.120. The second kappa shape index (κ2) is 19.5. The van der Waals surface area contributed by atoms with Crippen molar-refractivity contribution in [2.45, 2.75) is 116 Å². The molecule has 74 heavy (non-hydrogen) atoms. The van der Waals surface area contributed by atoms with Gasteiger partial charge in [0.1, 0.15) is 29.5 Å². The van der Waals surface area contributed by atoms with Gasteiger partial charge < -0.3 is 44.2 Å². The molecule has 4 N–H and O–H groups in total. The standard InChI is InChI=1S/C23H23N3O3S.C16H22BNO3.C14H16N2O5S2/c1-12(15-9-20(27)24-10-15)29-19-8-14(7-18-21(19)30-11-25-18)13-4-5-16-17(6-13)26-22(28)23(16,2)3;1-14(2)11-8-7-10(9-12(11)18-13(14)19)17-20-15(3,4)16(5,6)21-17;1-8(9-3-13(17)15-6-9)20-12-5-10(21-23(2,18)19)4-11-14(12)22-7-16-11/h4-8,11-12,15H,9-10H2,1-3H3,(H,24,27)(H,26,28);7-9H,1-6H3,(H,18,19);4-5,7-9H,3,6H2,1-2H3,(H,15,17)/t12-,15-;;8-,9-/m1.1/s1. The number of hydrogen-bond acceptors (Lipinski definition) is 15. The number of aromatic nitrogens is 2. The summed E-state index contributed by atoms with van der Waals surface area (Å²) >= 11 is 2.95.